The Kier molecular flexibility index (Phi) is 7.11. The number of carboxylic acid groups (broad SMARTS) is 1. The third kappa shape index (κ3) is 5.57. The van der Waals surface area contributed by atoms with Gasteiger partial charge in [-0.15, -0.1) is 0 Å². The number of ether oxygens (including phenoxy) is 1. The molecule has 51 heavy (non-hydrogen) atoms. The summed E-state index contributed by atoms with van der Waals surface area (Å²) in [5, 5.41) is 10.6. The lowest BCUT2D eigenvalue weighted by Gasteiger charge is -2.41. The molecule has 0 saturated heterocycles. The average Bonchev–Trinajstić information content (AvgIpc) is 3.87. The molecule has 7 heteroatoms. The summed E-state index contributed by atoms with van der Waals surface area (Å²) >= 11 is 0. The van der Waals surface area contributed by atoms with Gasteiger partial charge in [0.1, 0.15) is 17.1 Å². The molecule has 0 aliphatic carbocycles. The lowest BCUT2D eigenvalue weighted by molar-refractivity contribution is 0.0693. The molecule has 3 aliphatic rings. The van der Waals surface area contributed by atoms with Gasteiger partial charge >= 0.3 is 5.97 Å². The normalized spacial score (nSPS) is 14.6. The van der Waals surface area contributed by atoms with Crippen LogP contribution in [0.5, 0.6) is 11.5 Å². The number of aromatic amines is 2. The number of fused-ring (bicyclic) bond motifs is 10. The van der Waals surface area contributed by atoms with E-state index in [9.17, 15) is 9.90 Å². The van der Waals surface area contributed by atoms with Gasteiger partial charge in [0.25, 0.3) is 0 Å². The second-order valence-electron chi connectivity index (χ2n) is 16.4. The van der Waals surface area contributed by atoms with E-state index in [1.807, 2.05) is 60.7 Å². The zero-order valence-corrected chi connectivity index (χ0v) is 30.3. The molecule has 0 amide bonds. The smallest absolute Gasteiger partial charge is 0.339 e. The highest BCUT2D eigenvalue weighted by Crippen LogP contribution is 2.56. The Labute approximate surface area is 297 Å². The molecule has 3 aromatic heterocycles. The predicted molar refractivity (Wildman–Crippen MR) is 207 cm³/mol. The van der Waals surface area contributed by atoms with Crippen molar-refractivity contribution in [1.29, 1.82) is 0 Å². The molecular weight excluding hydrogens is 633 g/mol. The number of H-pyrrole nitrogens is 2. The molecule has 2 aromatic carbocycles. The van der Waals surface area contributed by atoms with E-state index in [4.69, 9.17) is 14.7 Å². The van der Waals surface area contributed by atoms with Crippen molar-refractivity contribution in [3.05, 3.63) is 117 Å². The summed E-state index contributed by atoms with van der Waals surface area (Å²) in [6.45, 7) is 17.3. The summed E-state index contributed by atoms with van der Waals surface area (Å²) in [6.07, 6.45) is 8.07. The Hall–Kier alpha value is -5.69. The van der Waals surface area contributed by atoms with Crippen LogP contribution in [0.1, 0.15) is 111 Å². The molecule has 3 N–H and O–H groups in total. The van der Waals surface area contributed by atoms with E-state index < -0.39 is 11.4 Å². The van der Waals surface area contributed by atoms with E-state index in [2.05, 4.69) is 89.6 Å². The number of carboxylic acids is 1. The van der Waals surface area contributed by atoms with E-state index >= 15 is 0 Å². The van der Waals surface area contributed by atoms with Gasteiger partial charge < -0.3 is 19.8 Å². The minimum Gasteiger partial charge on any atom is -0.478 e. The van der Waals surface area contributed by atoms with Crippen LogP contribution in [0.4, 0.5) is 0 Å². The zero-order chi connectivity index (χ0) is 36.0. The molecule has 6 heterocycles. The molecule has 0 fully saturated rings. The first-order chi connectivity index (χ1) is 24.1. The molecule has 8 rings (SSSR count). The highest BCUT2D eigenvalue weighted by Gasteiger charge is 2.42. The summed E-state index contributed by atoms with van der Waals surface area (Å²) in [5.74, 6) is 0.0201. The molecule has 7 nitrogen and oxygen atoms in total. The molecule has 0 unspecified atom stereocenters. The fourth-order valence-corrected chi connectivity index (χ4v) is 7.45. The number of nitrogens with one attached hydrogen (secondary N) is 2. The highest BCUT2D eigenvalue weighted by molar-refractivity contribution is 5.96. The predicted octanol–water partition coefficient (Wildman–Crippen LogP) is 11.0. The van der Waals surface area contributed by atoms with Crippen LogP contribution >= 0.6 is 0 Å². The van der Waals surface area contributed by atoms with Crippen LogP contribution in [0.3, 0.4) is 0 Å². The summed E-state index contributed by atoms with van der Waals surface area (Å²) in [6, 6.07) is 22.5. The maximum absolute atomic E-state index is 12.9. The molecule has 5 aromatic rings. The number of hydrogen-bond donors (Lipinski definition) is 3. The van der Waals surface area contributed by atoms with Crippen molar-refractivity contribution >= 4 is 52.3 Å². The van der Waals surface area contributed by atoms with Gasteiger partial charge in [-0.05, 0) is 94.8 Å². The Bertz CT molecular complexity index is 2530. The van der Waals surface area contributed by atoms with Crippen LogP contribution in [0.15, 0.2) is 66.7 Å². The minimum absolute atomic E-state index is 0.162. The van der Waals surface area contributed by atoms with Gasteiger partial charge in [0.05, 0.1) is 22.8 Å². The van der Waals surface area contributed by atoms with E-state index in [0.29, 0.717) is 11.5 Å². The number of rotatable bonds is 2. The average molecular weight is 675 g/mol. The molecular formula is C44H42N4O3. The van der Waals surface area contributed by atoms with Crippen LogP contribution in [0, 0.1) is 0 Å². The van der Waals surface area contributed by atoms with Gasteiger partial charge in [-0.25, -0.2) is 14.8 Å². The summed E-state index contributed by atoms with van der Waals surface area (Å²) < 4.78 is 6.99. The molecule has 0 spiro atoms. The van der Waals surface area contributed by atoms with Gasteiger partial charge in [-0.3, -0.25) is 0 Å². The SMILES string of the molecule is CC(C)(C)c1cc(C(=O)O)c2c(c1)C(C)(C)c1c(C(C)(C)C)ccc(-c3c4nc(cc5ccc(cc6nc(cc7ccc3[nH]7)C=C6)[nH]5)C=C4)c1O2. The van der Waals surface area contributed by atoms with Gasteiger partial charge in [-0.2, -0.15) is 0 Å². The first-order valence-corrected chi connectivity index (χ1v) is 17.4. The largest absolute Gasteiger partial charge is 0.478 e. The third-order valence-corrected chi connectivity index (χ3v) is 10.1. The van der Waals surface area contributed by atoms with Gasteiger partial charge in [-0.1, -0.05) is 73.6 Å². The van der Waals surface area contributed by atoms with Crippen molar-refractivity contribution in [3.8, 4) is 22.6 Å². The second-order valence-corrected chi connectivity index (χ2v) is 16.4. The Morgan fingerprint density at radius 2 is 1.31 bits per heavy atom. The summed E-state index contributed by atoms with van der Waals surface area (Å²) in [7, 11) is 0. The Balaban J connectivity index is 1.48. The molecule has 0 atom stereocenters. The van der Waals surface area contributed by atoms with E-state index in [-0.39, 0.29) is 16.4 Å². The summed E-state index contributed by atoms with van der Waals surface area (Å²) in [5.41, 5.74) is 11.7. The Morgan fingerprint density at radius 3 is 1.94 bits per heavy atom. The van der Waals surface area contributed by atoms with Gasteiger partial charge in [0, 0.05) is 49.7 Å². The van der Waals surface area contributed by atoms with Crippen molar-refractivity contribution in [2.75, 3.05) is 0 Å². The van der Waals surface area contributed by atoms with Crippen molar-refractivity contribution in [3.63, 3.8) is 0 Å². The molecule has 0 saturated carbocycles. The number of nitrogens with zero attached hydrogens (tertiary/aromatic N) is 2. The maximum Gasteiger partial charge on any atom is 0.339 e. The van der Waals surface area contributed by atoms with E-state index in [1.165, 1.54) is 0 Å². The third-order valence-electron chi connectivity index (χ3n) is 10.1. The quantitative estimate of drug-likeness (QED) is 0.169. The molecule has 0 radical (unpaired) electrons. The van der Waals surface area contributed by atoms with Crippen molar-refractivity contribution in [1.82, 2.24) is 19.9 Å². The van der Waals surface area contributed by atoms with E-state index in [0.717, 1.165) is 78.2 Å². The molecule has 3 aliphatic heterocycles. The standard InChI is InChI=1S/C44H42N4O3/c1-42(2,3)24-19-32(41(49)50)39-34(20-24)44(7,8)38-33(43(4,5)6)16-15-31(40(38)51-39)37-35-17-13-29(47-35)22-27-11-9-25(45-27)21-26-10-12-28(46-26)23-30-14-18-36(37)48-30/h9-23,45,48H,1-8H3,(H,49,50). The lowest BCUT2D eigenvalue weighted by atomic mass is 9.67. The van der Waals surface area contributed by atoms with Crippen molar-refractivity contribution in [2.24, 2.45) is 0 Å². The number of carbonyl (C=O) groups is 1. The van der Waals surface area contributed by atoms with Crippen LogP contribution in [-0.4, -0.2) is 31.0 Å². The monoisotopic (exact) mass is 674 g/mol. The highest BCUT2D eigenvalue weighted by atomic mass is 16.5. The first kappa shape index (κ1) is 32.5. The fourth-order valence-electron chi connectivity index (χ4n) is 7.45. The second kappa shape index (κ2) is 11.2. The van der Waals surface area contributed by atoms with E-state index in [1.54, 1.807) is 6.07 Å². The zero-order valence-electron chi connectivity index (χ0n) is 30.3. The minimum atomic E-state index is -1.01. The number of aromatic carboxylic acids is 1. The van der Waals surface area contributed by atoms with Crippen LogP contribution in [-0.2, 0) is 16.2 Å². The fraction of sp³-hybridized carbons (Fsp3) is 0.250. The number of aromatic nitrogens is 4. The molecule has 8 bridgehead atoms. The van der Waals surface area contributed by atoms with Crippen LogP contribution in [0.25, 0.3) is 57.5 Å². The van der Waals surface area contributed by atoms with Crippen LogP contribution in [0.2, 0.25) is 0 Å². The van der Waals surface area contributed by atoms with Gasteiger partial charge in [0.15, 0.2) is 0 Å². The Morgan fingerprint density at radius 1 is 0.706 bits per heavy atom. The van der Waals surface area contributed by atoms with Gasteiger partial charge in [0.2, 0.25) is 0 Å². The first-order valence-electron chi connectivity index (χ1n) is 17.4. The van der Waals surface area contributed by atoms with Crippen molar-refractivity contribution < 1.29 is 14.6 Å². The van der Waals surface area contributed by atoms with Crippen LogP contribution < -0.4 is 4.74 Å². The number of hydrogen-bond acceptors (Lipinski definition) is 4. The van der Waals surface area contributed by atoms with Crippen molar-refractivity contribution in [2.45, 2.75) is 71.6 Å². The summed E-state index contributed by atoms with van der Waals surface area (Å²) in [4.78, 5) is 30.0. The molecule has 256 valence electrons. The number of benzene rings is 2. The lowest BCUT2D eigenvalue weighted by Crippen LogP contribution is -2.31. The maximum atomic E-state index is 12.9. The topological polar surface area (TPSA) is 104 Å².